The lowest BCUT2D eigenvalue weighted by Gasteiger charge is -2.16. The Bertz CT molecular complexity index is 298. The van der Waals surface area contributed by atoms with Crippen molar-refractivity contribution in [2.45, 2.75) is 37.5 Å². The van der Waals surface area contributed by atoms with Gasteiger partial charge in [0.25, 0.3) is 10.1 Å². The van der Waals surface area contributed by atoms with Crippen LogP contribution in [0, 0.1) is 0 Å². The van der Waals surface area contributed by atoms with E-state index >= 15 is 0 Å². The van der Waals surface area contributed by atoms with Gasteiger partial charge < -0.3 is 5.32 Å². The van der Waals surface area contributed by atoms with Crippen LogP contribution in [0.4, 0.5) is 0 Å². The molecule has 0 aromatic heterocycles. The van der Waals surface area contributed by atoms with Gasteiger partial charge in [0.15, 0.2) is 0 Å². The second-order valence-corrected chi connectivity index (χ2v) is 4.93. The SMILES string of the molecule is CC(=O)N[C@H]1CCC[C@@H]1S(=O)(=O)O. The van der Waals surface area contributed by atoms with Gasteiger partial charge in [-0.3, -0.25) is 9.35 Å². The van der Waals surface area contributed by atoms with Crippen molar-refractivity contribution in [1.29, 1.82) is 0 Å². The van der Waals surface area contributed by atoms with Gasteiger partial charge in [-0.1, -0.05) is 0 Å². The van der Waals surface area contributed by atoms with Gasteiger partial charge in [-0.05, 0) is 19.3 Å². The molecule has 13 heavy (non-hydrogen) atoms. The van der Waals surface area contributed by atoms with Crippen molar-refractivity contribution in [3.8, 4) is 0 Å². The largest absolute Gasteiger partial charge is 0.352 e. The highest BCUT2D eigenvalue weighted by Gasteiger charge is 2.36. The fourth-order valence-corrected chi connectivity index (χ4v) is 2.79. The van der Waals surface area contributed by atoms with Crippen LogP contribution in [0.2, 0.25) is 0 Å². The zero-order chi connectivity index (χ0) is 10.1. The summed E-state index contributed by atoms with van der Waals surface area (Å²) in [6.07, 6.45) is 1.75. The highest BCUT2D eigenvalue weighted by Crippen LogP contribution is 2.24. The van der Waals surface area contributed by atoms with Gasteiger partial charge in [-0.25, -0.2) is 0 Å². The summed E-state index contributed by atoms with van der Waals surface area (Å²) in [7, 11) is -4.01. The molecule has 76 valence electrons. The smallest absolute Gasteiger partial charge is 0.269 e. The summed E-state index contributed by atoms with van der Waals surface area (Å²) in [6.45, 7) is 1.33. The monoisotopic (exact) mass is 207 g/mol. The van der Waals surface area contributed by atoms with Crippen LogP contribution in [0.3, 0.4) is 0 Å². The number of hydrogen-bond acceptors (Lipinski definition) is 3. The average Bonchev–Trinajstić information content (AvgIpc) is 2.31. The van der Waals surface area contributed by atoms with E-state index in [0.29, 0.717) is 12.8 Å². The van der Waals surface area contributed by atoms with E-state index in [0.717, 1.165) is 6.42 Å². The molecule has 1 amide bonds. The molecule has 0 radical (unpaired) electrons. The maximum absolute atomic E-state index is 10.8. The third-order valence-electron chi connectivity index (χ3n) is 2.22. The molecule has 0 aromatic carbocycles. The minimum atomic E-state index is -4.01. The summed E-state index contributed by atoms with van der Waals surface area (Å²) < 4.78 is 30.5. The summed E-state index contributed by atoms with van der Waals surface area (Å²) in [5, 5.41) is 1.70. The van der Waals surface area contributed by atoms with E-state index in [2.05, 4.69) is 5.32 Å². The molecule has 0 saturated heterocycles. The fraction of sp³-hybridized carbons (Fsp3) is 0.857. The molecule has 0 heterocycles. The molecule has 0 aromatic rings. The van der Waals surface area contributed by atoms with Crippen molar-refractivity contribution < 1.29 is 17.8 Å². The molecule has 0 bridgehead atoms. The third-order valence-corrected chi connectivity index (χ3v) is 3.55. The van der Waals surface area contributed by atoms with E-state index < -0.39 is 21.4 Å². The lowest BCUT2D eigenvalue weighted by molar-refractivity contribution is -0.119. The van der Waals surface area contributed by atoms with Crippen molar-refractivity contribution in [2.75, 3.05) is 0 Å². The van der Waals surface area contributed by atoms with Gasteiger partial charge in [0, 0.05) is 13.0 Å². The zero-order valence-electron chi connectivity index (χ0n) is 7.36. The Hall–Kier alpha value is -0.620. The van der Waals surface area contributed by atoms with Crippen molar-refractivity contribution in [3.63, 3.8) is 0 Å². The Labute approximate surface area is 77.3 Å². The number of hydrogen-bond donors (Lipinski definition) is 2. The lowest BCUT2D eigenvalue weighted by atomic mass is 10.2. The van der Waals surface area contributed by atoms with Crippen LogP contribution in [0.25, 0.3) is 0 Å². The summed E-state index contributed by atoms with van der Waals surface area (Å²) in [4.78, 5) is 10.7. The Kier molecular flexibility index (Phi) is 2.92. The molecule has 2 atom stereocenters. The summed E-state index contributed by atoms with van der Waals surface area (Å²) in [5.74, 6) is -0.263. The van der Waals surface area contributed by atoms with Crippen LogP contribution < -0.4 is 5.32 Å². The predicted octanol–water partition coefficient (Wildman–Crippen LogP) is -0.0686. The highest BCUT2D eigenvalue weighted by molar-refractivity contribution is 7.86. The van der Waals surface area contributed by atoms with Gasteiger partial charge in [-0.15, -0.1) is 0 Å². The number of rotatable bonds is 2. The summed E-state index contributed by atoms with van der Waals surface area (Å²) in [6, 6.07) is -0.424. The van der Waals surface area contributed by atoms with E-state index in [9.17, 15) is 13.2 Å². The van der Waals surface area contributed by atoms with E-state index in [1.165, 1.54) is 6.92 Å². The molecule has 0 spiro atoms. The fourth-order valence-electron chi connectivity index (χ4n) is 1.71. The molecule has 1 saturated carbocycles. The minimum absolute atomic E-state index is 0.263. The molecular formula is C7H13NO4S. The molecule has 1 rings (SSSR count). The first-order valence-corrected chi connectivity index (χ1v) is 5.65. The van der Waals surface area contributed by atoms with Gasteiger partial charge in [0.2, 0.25) is 5.91 Å². The number of carbonyl (C=O) groups is 1. The first-order chi connectivity index (χ1) is 5.91. The molecule has 0 aliphatic heterocycles. The normalized spacial score (nSPS) is 28.8. The minimum Gasteiger partial charge on any atom is -0.352 e. The maximum Gasteiger partial charge on any atom is 0.269 e. The first kappa shape index (κ1) is 10.5. The number of amides is 1. The molecular weight excluding hydrogens is 194 g/mol. The molecule has 5 nitrogen and oxygen atoms in total. The van der Waals surface area contributed by atoms with Gasteiger partial charge in [0.1, 0.15) is 5.25 Å². The first-order valence-electron chi connectivity index (χ1n) is 4.14. The molecule has 1 fully saturated rings. The molecule has 1 aliphatic carbocycles. The van der Waals surface area contributed by atoms with Crippen LogP contribution in [0.1, 0.15) is 26.2 Å². The van der Waals surface area contributed by atoms with Crippen LogP contribution in [-0.2, 0) is 14.9 Å². The summed E-state index contributed by atoms with van der Waals surface area (Å²) in [5.41, 5.74) is 0. The number of carbonyl (C=O) groups excluding carboxylic acids is 1. The van der Waals surface area contributed by atoms with Crippen LogP contribution in [0.15, 0.2) is 0 Å². The lowest BCUT2D eigenvalue weighted by Crippen LogP contribution is -2.42. The van der Waals surface area contributed by atoms with Crippen LogP contribution in [0.5, 0.6) is 0 Å². The quantitative estimate of drug-likeness (QED) is 0.621. The van der Waals surface area contributed by atoms with E-state index in [-0.39, 0.29) is 5.91 Å². The Morgan fingerprint density at radius 3 is 2.54 bits per heavy atom. The van der Waals surface area contributed by atoms with Gasteiger partial charge in [-0.2, -0.15) is 8.42 Å². The molecule has 6 heteroatoms. The van der Waals surface area contributed by atoms with E-state index in [4.69, 9.17) is 4.55 Å². The Morgan fingerprint density at radius 2 is 2.08 bits per heavy atom. The van der Waals surface area contributed by atoms with E-state index in [1.54, 1.807) is 0 Å². The van der Waals surface area contributed by atoms with Gasteiger partial charge in [0.05, 0.1) is 0 Å². The van der Waals surface area contributed by atoms with Crippen molar-refractivity contribution in [1.82, 2.24) is 5.32 Å². The van der Waals surface area contributed by atoms with Crippen molar-refractivity contribution in [2.24, 2.45) is 0 Å². The van der Waals surface area contributed by atoms with Gasteiger partial charge >= 0.3 is 0 Å². The molecule has 0 unspecified atom stereocenters. The maximum atomic E-state index is 10.8. The second-order valence-electron chi connectivity index (χ2n) is 3.29. The zero-order valence-corrected chi connectivity index (χ0v) is 8.17. The Morgan fingerprint density at radius 1 is 1.46 bits per heavy atom. The third kappa shape index (κ3) is 2.67. The average molecular weight is 207 g/mol. The summed E-state index contributed by atoms with van der Waals surface area (Å²) >= 11 is 0. The van der Waals surface area contributed by atoms with Crippen molar-refractivity contribution >= 4 is 16.0 Å². The predicted molar refractivity (Wildman–Crippen MR) is 46.8 cm³/mol. The Balaban J connectivity index is 2.70. The highest BCUT2D eigenvalue weighted by atomic mass is 32.2. The standard InChI is InChI=1S/C7H13NO4S/c1-5(9)8-6-3-2-4-7(6)13(10,11)12/h6-7H,2-4H2,1H3,(H,8,9)(H,10,11,12)/t6-,7-/m0/s1. The van der Waals surface area contributed by atoms with E-state index in [1.807, 2.05) is 0 Å². The van der Waals surface area contributed by atoms with Crippen molar-refractivity contribution in [3.05, 3.63) is 0 Å². The second kappa shape index (κ2) is 3.63. The van der Waals surface area contributed by atoms with Crippen LogP contribution in [-0.4, -0.2) is 30.2 Å². The number of nitrogens with one attached hydrogen (secondary N) is 1. The topological polar surface area (TPSA) is 83.5 Å². The van der Waals surface area contributed by atoms with Crippen LogP contribution >= 0.6 is 0 Å². The molecule has 1 aliphatic rings. The molecule has 2 N–H and O–H groups in total.